The number of carbonyl (C=O) groups is 1. The standard InChI is InChI=1S/C18H17ClN2OS/c1-13-7-9-21(10-8-13)18(22)16-12-20-17(23-16)6-5-14-3-2-4-15(19)11-14/h2-4,11-13H,7-10H2,1H3. The van der Waals surface area contributed by atoms with E-state index in [9.17, 15) is 4.79 Å². The van der Waals surface area contributed by atoms with Crippen LogP contribution in [0, 0.1) is 17.8 Å². The summed E-state index contributed by atoms with van der Waals surface area (Å²) in [6.45, 7) is 3.90. The lowest BCUT2D eigenvalue weighted by molar-refractivity contribution is 0.0702. The first kappa shape index (κ1) is 16.0. The van der Waals surface area contributed by atoms with Crippen LogP contribution in [-0.4, -0.2) is 28.9 Å². The van der Waals surface area contributed by atoms with E-state index in [1.807, 2.05) is 29.2 Å². The van der Waals surface area contributed by atoms with E-state index in [1.54, 1.807) is 6.20 Å². The van der Waals surface area contributed by atoms with Crippen LogP contribution in [0.15, 0.2) is 30.5 Å². The Balaban J connectivity index is 1.70. The lowest BCUT2D eigenvalue weighted by Crippen LogP contribution is -2.37. The van der Waals surface area contributed by atoms with Crippen molar-refractivity contribution in [3.63, 3.8) is 0 Å². The summed E-state index contributed by atoms with van der Waals surface area (Å²) in [4.78, 5) is 19.3. The molecule has 0 spiro atoms. The highest BCUT2D eigenvalue weighted by molar-refractivity contribution is 7.14. The van der Waals surface area contributed by atoms with Gasteiger partial charge in [-0.15, -0.1) is 11.3 Å². The third-order valence-corrected chi connectivity index (χ3v) is 5.06. The van der Waals surface area contributed by atoms with Crippen molar-refractivity contribution < 1.29 is 4.79 Å². The van der Waals surface area contributed by atoms with Crippen LogP contribution in [0.2, 0.25) is 5.02 Å². The molecular formula is C18H17ClN2OS. The van der Waals surface area contributed by atoms with Gasteiger partial charge in [-0.25, -0.2) is 4.98 Å². The minimum Gasteiger partial charge on any atom is -0.338 e. The molecule has 1 aliphatic heterocycles. The van der Waals surface area contributed by atoms with Crippen molar-refractivity contribution in [2.45, 2.75) is 19.8 Å². The molecule has 0 bridgehead atoms. The van der Waals surface area contributed by atoms with Crippen molar-refractivity contribution in [3.8, 4) is 11.8 Å². The molecular weight excluding hydrogens is 328 g/mol. The number of likely N-dealkylation sites (tertiary alicyclic amines) is 1. The Morgan fingerprint density at radius 1 is 1.35 bits per heavy atom. The fourth-order valence-corrected chi connectivity index (χ4v) is 3.42. The SMILES string of the molecule is CC1CCN(C(=O)c2cnc(C#Cc3cccc(Cl)c3)s2)CC1. The molecule has 1 fully saturated rings. The van der Waals surface area contributed by atoms with Gasteiger partial charge < -0.3 is 4.90 Å². The average Bonchev–Trinajstić information content (AvgIpc) is 3.02. The molecule has 1 amide bonds. The molecule has 0 atom stereocenters. The van der Waals surface area contributed by atoms with Crippen molar-refractivity contribution in [1.82, 2.24) is 9.88 Å². The maximum atomic E-state index is 12.5. The Bertz CT molecular complexity index is 767. The molecule has 1 aliphatic rings. The zero-order valence-electron chi connectivity index (χ0n) is 12.9. The van der Waals surface area contributed by atoms with Crippen LogP contribution in [0.5, 0.6) is 0 Å². The van der Waals surface area contributed by atoms with Crippen molar-refractivity contribution in [2.75, 3.05) is 13.1 Å². The zero-order chi connectivity index (χ0) is 16.2. The lowest BCUT2D eigenvalue weighted by Gasteiger charge is -2.29. The van der Waals surface area contributed by atoms with Gasteiger partial charge in [-0.3, -0.25) is 4.79 Å². The largest absolute Gasteiger partial charge is 0.338 e. The molecule has 5 heteroatoms. The fourth-order valence-electron chi connectivity index (χ4n) is 2.49. The number of aromatic nitrogens is 1. The second-order valence-electron chi connectivity index (χ2n) is 5.76. The molecule has 1 saturated heterocycles. The Hall–Kier alpha value is -1.83. The quantitative estimate of drug-likeness (QED) is 0.731. The van der Waals surface area contributed by atoms with Crippen LogP contribution in [0.3, 0.4) is 0 Å². The first-order valence-electron chi connectivity index (χ1n) is 7.64. The molecule has 0 radical (unpaired) electrons. The van der Waals surface area contributed by atoms with Crippen LogP contribution < -0.4 is 0 Å². The highest BCUT2D eigenvalue weighted by Gasteiger charge is 2.22. The van der Waals surface area contributed by atoms with Gasteiger partial charge in [0.15, 0.2) is 5.01 Å². The van der Waals surface area contributed by atoms with Crippen LogP contribution in [0.4, 0.5) is 0 Å². The molecule has 0 saturated carbocycles. The van der Waals surface area contributed by atoms with E-state index >= 15 is 0 Å². The van der Waals surface area contributed by atoms with Crippen molar-refractivity contribution >= 4 is 28.8 Å². The third kappa shape index (κ3) is 4.13. The highest BCUT2D eigenvalue weighted by atomic mass is 35.5. The molecule has 118 valence electrons. The van der Waals surface area contributed by atoms with Gasteiger partial charge in [0.1, 0.15) is 4.88 Å². The summed E-state index contributed by atoms with van der Waals surface area (Å²) >= 11 is 7.29. The van der Waals surface area contributed by atoms with Gasteiger partial charge in [0.05, 0.1) is 6.20 Å². The predicted octanol–water partition coefficient (Wildman–Crippen LogP) is 4.07. The number of amides is 1. The first-order chi connectivity index (χ1) is 11.1. The monoisotopic (exact) mass is 344 g/mol. The number of hydrogen-bond acceptors (Lipinski definition) is 3. The number of piperidine rings is 1. The van der Waals surface area contributed by atoms with Gasteiger partial charge in [0.25, 0.3) is 5.91 Å². The van der Waals surface area contributed by atoms with Crippen molar-refractivity contribution in [3.05, 3.63) is 50.9 Å². The van der Waals surface area contributed by atoms with Gasteiger partial charge in [-0.1, -0.05) is 30.5 Å². The average molecular weight is 345 g/mol. The molecule has 2 heterocycles. The predicted molar refractivity (Wildman–Crippen MR) is 93.8 cm³/mol. The Morgan fingerprint density at radius 3 is 2.87 bits per heavy atom. The molecule has 3 rings (SSSR count). The van der Waals surface area contributed by atoms with Gasteiger partial charge >= 0.3 is 0 Å². The fraction of sp³-hybridized carbons (Fsp3) is 0.333. The number of benzene rings is 1. The van der Waals surface area contributed by atoms with E-state index in [4.69, 9.17) is 11.6 Å². The number of carbonyl (C=O) groups excluding carboxylic acids is 1. The second-order valence-corrected chi connectivity index (χ2v) is 7.23. The Kier molecular flexibility index (Phi) is 5.00. The summed E-state index contributed by atoms with van der Waals surface area (Å²) in [7, 11) is 0. The van der Waals surface area contributed by atoms with Gasteiger partial charge in [-0.2, -0.15) is 0 Å². The smallest absolute Gasteiger partial charge is 0.265 e. The van der Waals surface area contributed by atoms with Crippen LogP contribution in [0.25, 0.3) is 0 Å². The maximum absolute atomic E-state index is 12.5. The van der Waals surface area contributed by atoms with Gasteiger partial charge in [0.2, 0.25) is 0 Å². The number of nitrogens with zero attached hydrogens (tertiary/aromatic N) is 2. The Labute approximate surface area is 145 Å². The summed E-state index contributed by atoms with van der Waals surface area (Å²) in [5.74, 6) is 6.81. The Morgan fingerprint density at radius 2 is 2.13 bits per heavy atom. The molecule has 2 aromatic rings. The summed E-state index contributed by atoms with van der Waals surface area (Å²) in [5.41, 5.74) is 0.839. The molecule has 1 aromatic heterocycles. The summed E-state index contributed by atoms with van der Waals surface area (Å²) in [6.07, 6.45) is 3.78. The number of halogens is 1. The summed E-state index contributed by atoms with van der Waals surface area (Å²) in [5, 5.41) is 1.31. The number of hydrogen-bond donors (Lipinski definition) is 0. The molecule has 0 N–H and O–H groups in total. The van der Waals surface area contributed by atoms with Crippen LogP contribution in [0.1, 0.15) is 40.0 Å². The molecule has 1 aromatic carbocycles. The summed E-state index contributed by atoms with van der Waals surface area (Å²) < 4.78 is 0. The van der Waals surface area contributed by atoms with Crippen LogP contribution >= 0.6 is 22.9 Å². The van der Waals surface area contributed by atoms with E-state index in [1.165, 1.54) is 11.3 Å². The minimum absolute atomic E-state index is 0.0743. The van der Waals surface area contributed by atoms with Gasteiger partial charge in [0, 0.05) is 23.7 Å². The van der Waals surface area contributed by atoms with E-state index in [0.717, 1.165) is 31.5 Å². The van der Waals surface area contributed by atoms with Crippen molar-refractivity contribution in [1.29, 1.82) is 0 Å². The molecule has 3 nitrogen and oxygen atoms in total. The minimum atomic E-state index is 0.0743. The van der Waals surface area contributed by atoms with Crippen LogP contribution in [-0.2, 0) is 0 Å². The van der Waals surface area contributed by atoms with E-state index < -0.39 is 0 Å². The number of rotatable bonds is 1. The maximum Gasteiger partial charge on any atom is 0.265 e. The number of thiazole rings is 1. The topological polar surface area (TPSA) is 33.2 Å². The third-order valence-electron chi connectivity index (χ3n) is 3.93. The second kappa shape index (κ2) is 7.16. The van der Waals surface area contributed by atoms with Crippen molar-refractivity contribution in [2.24, 2.45) is 5.92 Å². The molecule has 23 heavy (non-hydrogen) atoms. The lowest BCUT2D eigenvalue weighted by atomic mass is 9.99. The normalized spacial score (nSPS) is 15.1. The van der Waals surface area contributed by atoms with Gasteiger partial charge in [-0.05, 0) is 42.9 Å². The van der Waals surface area contributed by atoms with E-state index in [0.29, 0.717) is 20.8 Å². The van der Waals surface area contributed by atoms with E-state index in [-0.39, 0.29) is 5.91 Å². The zero-order valence-corrected chi connectivity index (χ0v) is 14.5. The first-order valence-corrected chi connectivity index (χ1v) is 8.84. The molecule has 0 unspecified atom stereocenters. The highest BCUT2D eigenvalue weighted by Crippen LogP contribution is 2.21. The molecule has 0 aliphatic carbocycles. The van der Waals surface area contributed by atoms with E-state index in [2.05, 4.69) is 23.7 Å². The summed E-state index contributed by atoms with van der Waals surface area (Å²) in [6, 6.07) is 7.38.